The number of aromatic amines is 1. The molecule has 0 fully saturated rings. The minimum atomic E-state index is 0.399. The van der Waals surface area contributed by atoms with Gasteiger partial charge in [-0.1, -0.05) is 25.4 Å². The SMILES string of the molecule is CC(C)c1[nH]c2ccc(N)cc2c1Cl. The first-order valence-corrected chi connectivity index (χ1v) is 5.04. The molecule has 1 aromatic heterocycles. The first kappa shape index (κ1) is 9.41. The fraction of sp³-hybridized carbons (Fsp3) is 0.273. The van der Waals surface area contributed by atoms with Gasteiger partial charge in [-0.2, -0.15) is 0 Å². The lowest BCUT2D eigenvalue weighted by Gasteiger charge is -2.00. The minimum Gasteiger partial charge on any atom is -0.399 e. The zero-order valence-electron chi connectivity index (χ0n) is 8.26. The molecule has 0 spiro atoms. The molecule has 14 heavy (non-hydrogen) atoms. The lowest BCUT2D eigenvalue weighted by molar-refractivity contribution is 0.837. The Kier molecular flexibility index (Phi) is 2.16. The number of nitrogens with two attached hydrogens (primary N) is 1. The standard InChI is InChI=1S/C11H13ClN2/c1-6(2)11-10(12)8-5-7(13)3-4-9(8)14-11/h3-6,14H,13H2,1-2H3. The number of halogens is 1. The third-order valence-corrected chi connectivity index (χ3v) is 2.77. The highest BCUT2D eigenvalue weighted by Gasteiger charge is 2.11. The largest absolute Gasteiger partial charge is 0.399 e. The number of rotatable bonds is 1. The van der Waals surface area contributed by atoms with Gasteiger partial charge >= 0.3 is 0 Å². The van der Waals surface area contributed by atoms with Crippen LogP contribution in [0.4, 0.5) is 5.69 Å². The second-order valence-corrected chi connectivity index (χ2v) is 4.19. The van der Waals surface area contributed by atoms with Gasteiger partial charge in [0.25, 0.3) is 0 Å². The van der Waals surface area contributed by atoms with Crippen molar-refractivity contribution in [2.45, 2.75) is 19.8 Å². The van der Waals surface area contributed by atoms with Crippen LogP contribution in [-0.2, 0) is 0 Å². The fourth-order valence-electron chi connectivity index (χ4n) is 1.60. The van der Waals surface area contributed by atoms with E-state index < -0.39 is 0 Å². The second-order valence-electron chi connectivity index (χ2n) is 3.81. The number of hydrogen-bond donors (Lipinski definition) is 2. The predicted molar refractivity (Wildman–Crippen MR) is 61.8 cm³/mol. The van der Waals surface area contributed by atoms with E-state index in [0.717, 1.165) is 27.3 Å². The van der Waals surface area contributed by atoms with E-state index in [2.05, 4.69) is 18.8 Å². The fourth-order valence-corrected chi connectivity index (χ4v) is 2.02. The van der Waals surface area contributed by atoms with Crippen LogP contribution in [0.3, 0.4) is 0 Å². The summed E-state index contributed by atoms with van der Waals surface area (Å²) in [6.07, 6.45) is 0. The van der Waals surface area contributed by atoms with Gasteiger partial charge in [0.05, 0.1) is 5.02 Å². The molecule has 74 valence electrons. The van der Waals surface area contributed by atoms with Crippen molar-refractivity contribution in [1.29, 1.82) is 0 Å². The van der Waals surface area contributed by atoms with Crippen LogP contribution in [-0.4, -0.2) is 4.98 Å². The summed E-state index contributed by atoms with van der Waals surface area (Å²) in [7, 11) is 0. The number of benzene rings is 1. The van der Waals surface area contributed by atoms with Gasteiger partial charge < -0.3 is 10.7 Å². The van der Waals surface area contributed by atoms with Crippen LogP contribution >= 0.6 is 11.6 Å². The van der Waals surface area contributed by atoms with Crippen molar-refractivity contribution in [3.63, 3.8) is 0 Å². The van der Waals surface area contributed by atoms with Crippen LogP contribution in [0.2, 0.25) is 5.02 Å². The molecule has 2 nitrogen and oxygen atoms in total. The van der Waals surface area contributed by atoms with Crippen molar-refractivity contribution in [3.8, 4) is 0 Å². The molecule has 1 aromatic carbocycles. The zero-order valence-corrected chi connectivity index (χ0v) is 9.02. The van der Waals surface area contributed by atoms with Gasteiger partial charge in [0.1, 0.15) is 0 Å². The molecule has 3 N–H and O–H groups in total. The van der Waals surface area contributed by atoms with Crippen LogP contribution in [0.15, 0.2) is 18.2 Å². The molecule has 2 aromatic rings. The van der Waals surface area contributed by atoms with Crippen LogP contribution in [0.25, 0.3) is 10.9 Å². The molecule has 0 aliphatic carbocycles. The van der Waals surface area contributed by atoms with E-state index in [-0.39, 0.29) is 0 Å². The summed E-state index contributed by atoms with van der Waals surface area (Å²) in [6.45, 7) is 4.22. The summed E-state index contributed by atoms with van der Waals surface area (Å²) in [5.74, 6) is 0.399. The van der Waals surface area contributed by atoms with Gasteiger partial charge in [-0.3, -0.25) is 0 Å². The zero-order chi connectivity index (χ0) is 10.3. The van der Waals surface area contributed by atoms with Crippen LogP contribution in [0.5, 0.6) is 0 Å². The van der Waals surface area contributed by atoms with Crippen molar-refractivity contribution >= 4 is 28.2 Å². The smallest absolute Gasteiger partial charge is 0.0695 e. The Hall–Kier alpha value is -1.15. The Bertz CT molecular complexity index is 471. The Balaban J connectivity index is 2.74. The number of H-pyrrole nitrogens is 1. The number of aromatic nitrogens is 1. The van der Waals surface area contributed by atoms with Gasteiger partial charge in [-0.05, 0) is 24.1 Å². The Morgan fingerprint density at radius 1 is 1.36 bits per heavy atom. The quantitative estimate of drug-likeness (QED) is 0.692. The number of anilines is 1. The second kappa shape index (κ2) is 3.21. The minimum absolute atomic E-state index is 0.399. The van der Waals surface area contributed by atoms with Crippen LogP contribution in [0.1, 0.15) is 25.5 Å². The van der Waals surface area contributed by atoms with E-state index >= 15 is 0 Å². The average molecular weight is 209 g/mol. The third kappa shape index (κ3) is 1.36. The van der Waals surface area contributed by atoms with Crippen molar-refractivity contribution < 1.29 is 0 Å². The predicted octanol–water partition coefficient (Wildman–Crippen LogP) is 3.53. The highest BCUT2D eigenvalue weighted by molar-refractivity contribution is 6.36. The lowest BCUT2D eigenvalue weighted by Crippen LogP contribution is -1.86. The number of nitrogens with one attached hydrogen (secondary N) is 1. The monoisotopic (exact) mass is 208 g/mol. The Morgan fingerprint density at radius 3 is 2.71 bits per heavy atom. The number of hydrogen-bond acceptors (Lipinski definition) is 1. The van der Waals surface area contributed by atoms with Crippen LogP contribution in [0, 0.1) is 0 Å². The summed E-state index contributed by atoms with van der Waals surface area (Å²) in [5, 5.41) is 1.80. The average Bonchev–Trinajstić information content (AvgIpc) is 2.44. The van der Waals surface area contributed by atoms with Gasteiger partial charge in [-0.25, -0.2) is 0 Å². The molecule has 0 aliphatic rings. The van der Waals surface area contributed by atoms with E-state index in [1.165, 1.54) is 0 Å². The highest BCUT2D eigenvalue weighted by atomic mass is 35.5. The van der Waals surface area contributed by atoms with Crippen molar-refractivity contribution in [2.24, 2.45) is 0 Å². The summed E-state index contributed by atoms with van der Waals surface area (Å²) in [5.41, 5.74) is 8.57. The van der Waals surface area contributed by atoms with E-state index in [1.807, 2.05) is 18.2 Å². The van der Waals surface area contributed by atoms with E-state index in [0.29, 0.717) is 5.92 Å². The van der Waals surface area contributed by atoms with Gasteiger partial charge in [0, 0.05) is 22.3 Å². The summed E-state index contributed by atoms with van der Waals surface area (Å²) >= 11 is 6.24. The first-order chi connectivity index (χ1) is 6.59. The maximum absolute atomic E-state index is 6.24. The molecule has 0 radical (unpaired) electrons. The maximum atomic E-state index is 6.24. The third-order valence-electron chi connectivity index (χ3n) is 2.36. The molecule has 0 atom stereocenters. The molecule has 0 saturated heterocycles. The highest BCUT2D eigenvalue weighted by Crippen LogP contribution is 2.32. The summed E-state index contributed by atoms with van der Waals surface area (Å²) < 4.78 is 0. The Labute approximate surface area is 88.1 Å². The molecule has 0 aliphatic heterocycles. The molecule has 0 bridgehead atoms. The molecule has 1 heterocycles. The molecular weight excluding hydrogens is 196 g/mol. The summed E-state index contributed by atoms with van der Waals surface area (Å²) in [6, 6.07) is 5.74. The van der Waals surface area contributed by atoms with Crippen molar-refractivity contribution in [1.82, 2.24) is 4.98 Å². The van der Waals surface area contributed by atoms with Gasteiger partial charge in [0.15, 0.2) is 0 Å². The molecule has 2 rings (SSSR count). The van der Waals surface area contributed by atoms with E-state index in [9.17, 15) is 0 Å². The van der Waals surface area contributed by atoms with Crippen molar-refractivity contribution in [3.05, 3.63) is 28.9 Å². The molecule has 3 heteroatoms. The summed E-state index contributed by atoms with van der Waals surface area (Å²) in [4.78, 5) is 3.30. The van der Waals surface area contributed by atoms with Gasteiger partial charge in [0.2, 0.25) is 0 Å². The lowest BCUT2D eigenvalue weighted by atomic mass is 10.1. The van der Waals surface area contributed by atoms with Crippen LogP contribution < -0.4 is 5.73 Å². The number of fused-ring (bicyclic) bond motifs is 1. The normalized spacial score (nSPS) is 11.4. The van der Waals surface area contributed by atoms with E-state index in [1.54, 1.807) is 0 Å². The molecule has 0 amide bonds. The molecule has 0 saturated carbocycles. The maximum Gasteiger partial charge on any atom is 0.0695 e. The Morgan fingerprint density at radius 2 is 2.07 bits per heavy atom. The molecular formula is C11H13ClN2. The number of nitrogen functional groups attached to an aromatic ring is 1. The van der Waals surface area contributed by atoms with Gasteiger partial charge in [-0.15, -0.1) is 0 Å². The first-order valence-electron chi connectivity index (χ1n) is 4.66. The van der Waals surface area contributed by atoms with Crippen molar-refractivity contribution in [2.75, 3.05) is 5.73 Å². The topological polar surface area (TPSA) is 41.8 Å². The molecule has 0 unspecified atom stereocenters. The van der Waals surface area contributed by atoms with E-state index in [4.69, 9.17) is 17.3 Å².